The topological polar surface area (TPSA) is 52.6 Å². The zero-order valence-electron chi connectivity index (χ0n) is 11.0. The summed E-state index contributed by atoms with van der Waals surface area (Å²) in [5.74, 6) is -0.653. The number of rotatable bonds is 6. The second-order valence-electron chi connectivity index (χ2n) is 4.23. The molecule has 0 aliphatic carbocycles. The van der Waals surface area contributed by atoms with E-state index in [4.69, 9.17) is 21.1 Å². The fraction of sp³-hybridized carbons (Fsp3) is 0.125. The maximum absolute atomic E-state index is 12.0. The Bertz CT molecular complexity index is 595. The van der Waals surface area contributed by atoms with Crippen LogP contribution in [0.1, 0.15) is 17.2 Å². The summed E-state index contributed by atoms with van der Waals surface area (Å²) in [4.78, 5) is 22.5. The molecular formula is C16H12ClO4. The Kier molecular flexibility index (Phi) is 5.35. The van der Waals surface area contributed by atoms with E-state index in [0.717, 1.165) is 5.56 Å². The van der Waals surface area contributed by atoms with Crippen molar-refractivity contribution in [1.82, 2.24) is 0 Å². The number of carbonyl (C=O) groups is 1. The van der Waals surface area contributed by atoms with Crippen LogP contribution in [0.25, 0.3) is 0 Å². The molecule has 0 saturated carbocycles. The van der Waals surface area contributed by atoms with Crippen LogP contribution in [-0.4, -0.2) is 12.4 Å². The lowest BCUT2D eigenvalue weighted by atomic mass is 10.1. The molecule has 5 heteroatoms. The molecule has 2 rings (SSSR count). The monoisotopic (exact) mass is 303 g/mol. The van der Waals surface area contributed by atoms with E-state index in [0.29, 0.717) is 10.6 Å². The summed E-state index contributed by atoms with van der Waals surface area (Å²) in [7, 11) is 0. The van der Waals surface area contributed by atoms with Crippen LogP contribution in [0.2, 0.25) is 5.02 Å². The fourth-order valence-corrected chi connectivity index (χ4v) is 1.86. The maximum atomic E-state index is 12.0. The standard InChI is InChI=1S/C16H12ClO4/c17-14-8-6-12(7-9-14)10-20-16(19)15(21-11-18)13-4-2-1-3-5-13/h1-9,15H,10H2. The van der Waals surface area contributed by atoms with E-state index in [1.54, 1.807) is 54.6 Å². The van der Waals surface area contributed by atoms with Gasteiger partial charge >= 0.3 is 12.4 Å². The van der Waals surface area contributed by atoms with Crippen molar-refractivity contribution < 1.29 is 19.1 Å². The molecule has 0 aliphatic heterocycles. The van der Waals surface area contributed by atoms with Crippen LogP contribution in [0, 0.1) is 0 Å². The molecule has 0 fully saturated rings. The largest absolute Gasteiger partial charge is 0.458 e. The highest BCUT2D eigenvalue weighted by atomic mass is 35.5. The van der Waals surface area contributed by atoms with Gasteiger partial charge in [-0.25, -0.2) is 9.59 Å². The van der Waals surface area contributed by atoms with Gasteiger partial charge in [-0.15, -0.1) is 0 Å². The predicted octanol–water partition coefficient (Wildman–Crippen LogP) is 3.21. The normalized spacial score (nSPS) is 11.5. The number of hydrogen-bond donors (Lipinski definition) is 0. The van der Waals surface area contributed by atoms with Crippen LogP contribution in [0.5, 0.6) is 0 Å². The smallest absolute Gasteiger partial charge is 0.418 e. The average molecular weight is 304 g/mol. The number of benzene rings is 2. The summed E-state index contributed by atoms with van der Waals surface area (Å²) in [5.41, 5.74) is 1.32. The molecule has 0 heterocycles. The van der Waals surface area contributed by atoms with Gasteiger partial charge in [-0.05, 0) is 17.7 Å². The van der Waals surface area contributed by atoms with Gasteiger partial charge < -0.3 is 9.47 Å². The Morgan fingerprint density at radius 3 is 2.38 bits per heavy atom. The summed E-state index contributed by atoms with van der Waals surface area (Å²) >= 11 is 5.78. The highest BCUT2D eigenvalue weighted by molar-refractivity contribution is 6.30. The molecule has 1 atom stereocenters. The molecule has 0 saturated heterocycles. The second kappa shape index (κ2) is 7.45. The van der Waals surface area contributed by atoms with Gasteiger partial charge in [-0.2, -0.15) is 0 Å². The van der Waals surface area contributed by atoms with E-state index >= 15 is 0 Å². The van der Waals surface area contributed by atoms with Crippen molar-refractivity contribution in [3.63, 3.8) is 0 Å². The van der Waals surface area contributed by atoms with Crippen molar-refractivity contribution in [3.8, 4) is 0 Å². The van der Waals surface area contributed by atoms with E-state index in [2.05, 4.69) is 0 Å². The van der Waals surface area contributed by atoms with Gasteiger partial charge in [0.1, 0.15) is 6.61 Å². The quantitative estimate of drug-likeness (QED) is 0.769. The Labute approximate surface area is 127 Å². The first-order valence-corrected chi connectivity index (χ1v) is 6.57. The van der Waals surface area contributed by atoms with Crippen LogP contribution < -0.4 is 0 Å². The van der Waals surface area contributed by atoms with Crippen molar-refractivity contribution in [2.24, 2.45) is 0 Å². The summed E-state index contributed by atoms with van der Waals surface area (Å²) in [6.45, 7) is 1.36. The van der Waals surface area contributed by atoms with Crippen LogP contribution in [0.15, 0.2) is 54.6 Å². The summed E-state index contributed by atoms with van der Waals surface area (Å²) in [6.07, 6.45) is -1.11. The molecule has 2 aromatic rings. The van der Waals surface area contributed by atoms with Crippen molar-refractivity contribution in [3.05, 3.63) is 70.7 Å². The van der Waals surface area contributed by atoms with Crippen LogP contribution in [-0.2, 0) is 25.7 Å². The molecule has 1 radical (unpaired) electrons. The molecule has 0 spiro atoms. The Balaban J connectivity index is 2.02. The van der Waals surface area contributed by atoms with E-state index < -0.39 is 12.1 Å². The van der Waals surface area contributed by atoms with Crippen molar-refractivity contribution in [1.29, 1.82) is 0 Å². The third kappa shape index (κ3) is 4.33. The molecule has 2 aromatic carbocycles. The zero-order chi connectivity index (χ0) is 15.1. The lowest BCUT2D eigenvalue weighted by Crippen LogP contribution is -2.18. The minimum Gasteiger partial charge on any atom is -0.458 e. The Morgan fingerprint density at radius 2 is 1.76 bits per heavy atom. The first-order valence-electron chi connectivity index (χ1n) is 6.19. The molecule has 21 heavy (non-hydrogen) atoms. The van der Waals surface area contributed by atoms with Crippen molar-refractivity contribution >= 4 is 24.0 Å². The second-order valence-corrected chi connectivity index (χ2v) is 4.66. The third-order valence-electron chi connectivity index (χ3n) is 2.78. The highest BCUT2D eigenvalue weighted by Crippen LogP contribution is 2.19. The Morgan fingerprint density at radius 1 is 1.10 bits per heavy atom. The minimum absolute atomic E-state index is 0.0710. The number of halogens is 1. The SMILES string of the molecule is O=[C]OC(C(=O)OCc1ccc(Cl)cc1)c1ccccc1. The van der Waals surface area contributed by atoms with Crippen LogP contribution >= 0.6 is 11.6 Å². The highest BCUT2D eigenvalue weighted by Gasteiger charge is 2.23. The summed E-state index contributed by atoms with van der Waals surface area (Å²) in [5, 5.41) is 0.603. The molecule has 1 unspecified atom stereocenters. The van der Waals surface area contributed by atoms with Gasteiger partial charge in [0.2, 0.25) is 6.10 Å². The van der Waals surface area contributed by atoms with E-state index in [1.807, 2.05) is 0 Å². The van der Waals surface area contributed by atoms with Crippen LogP contribution in [0.4, 0.5) is 0 Å². The number of carbonyl (C=O) groups excluding carboxylic acids is 2. The number of hydrogen-bond acceptors (Lipinski definition) is 4. The van der Waals surface area contributed by atoms with Gasteiger partial charge in [0.25, 0.3) is 0 Å². The molecular weight excluding hydrogens is 292 g/mol. The molecule has 0 N–H and O–H groups in total. The zero-order valence-corrected chi connectivity index (χ0v) is 11.7. The third-order valence-corrected chi connectivity index (χ3v) is 3.03. The van der Waals surface area contributed by atoms with Gasteiger partial charge in [-0.1, -0.05) is 54.1 Å². The lowest BCUT2D eigenvalue weighted by molar-refractivity contribution is -0.154. The summed E-state index contributed by atoms with van der Waals surface area (Å²) < 4.78 is 9.85. The summed E-state index contributed by atoms with van der Waals surface area (Å²) in [6, 6.07) is 15.5. The van der Waals surface area contributed by atoms with Gasteiger partial charge in [0.15, 0.2) is 0 Å². The predicted molar refractivity (Wildman–Crippen MR) is 77.2 cm³/mol. The van der Waals surface area contributed by atoms with Gasteiger partial charge in [0.05, 0.1) is 0 Å². The lowest BCUT2D eigenvalue weighted by Gasteiger charge is -2.14. The van der Waals surface area contributed by atoms with E-state index in [-0.39, 0.29) is 6.61 Å². The molecule has 4 nitrogen and oxygen atoms in total. The molecule has 0 bridgehead atoms. The molecule has 0 amide bonds. The first-order chi connectivity index (χ1) is 10.2. The molecule has 0 aliphatic rings. The Hall–Kier alpha value is -2.33. The minimum atomic E-state index is -1.11. The maximum Gasteiger partial charge on any atom is 0.418 e. The molecule has 107 valence electrons. The fourth-order valence-electron chi connectivity index (χ4n) is 1.74. The van der Waals surface area contributed by atoms with Crippen molar-refractivity contribution in [2.45, 2.75) is 12.7 Å². The number of ether oxygens (including phenoxy) is 2. The van der Waals surface area contributed by atoms with E-state index in [1.165, 1.54) is 6.47 Å². The average Bonchev–Trinajstić information content (AvgIpc) is 2.52. The van der Waals surface area contributed by atoms with Gasteiger partial charge in [-0.3, -0.25) is 0 Å². The van der Waals surface area contributed by atoms with Crippen LogP contribution in [0.3, 0.4) is 0 Å². The van der Waals surface area contributed by atoms with Gasteiger partial charge in [0, 0.05) is 10.6 Å². The van der Waals surface area contributed by atoms with E-state index in [9.17, 15) is 9.59 Å². The number of esters is 1. The van der Waals surface area contributed by atoms with Crippen molar-refractivity contribution in [2.75, 3.05) is 0 Å². The molecule has 0 aromatic heterocycles. The first kappa shape index (κ1) is 15.1.